The van der Waals surface area contributed by atoms with Crippen LogP contribution in [0.15, 0.2) is 24.3 Å². The maximum atomic E-state index is 12.5. The van der Waals surface area contributed by atoms with Crippen molar-refractivity contribution in [1.29, 1.82) is 0 Å². The van der Waals surface area contributed by atoms with Gasteiger partial charge in [0.1, 0.15) is 0 Å². The minimum atomic E-state index is -0.668. The number of aliphatic hydroxyl groups excluding tert-OH is 2. The van der Waals surface area contributed by atoms with Gasteiger partial charge >= 0.3 is 5.97 Å². The first-order chi connectivity index (χ1) is 33.0. The molecule has 2 atom stereocenters. The number of aliphatic hydroxyl groups is 2. The fraction of sp³-hybridized carbons (Fsp3) is 0.902. The molecule has 6 heteroatoms. The van der Waals surface area contributed by atoms with Crippen LogP contribution in [0, 0.1) is 0 Å². The predicted molar refractivity (Wildman–Crippen MR) is 292 cm³/mol. The molecule has 0 saturated heterocycles. The summed E-state index contributed by atoms with van der Waals surface area (Å²) in [5.74, 6) is -0.0411. The third kappa shape index (κ3) is 53.5. The molecule has 396 valence electrons. The molecule has 0 aliphatic heterocycles. The lowest BCUT2D eigenvalue weighted by atomic mass is 10.0. The van der Waals surface area contributed by atoms with E-state index in [-0.39, 0.29) is 18.5 Å². The molecule has 1 amide bonds. The molecular weight excluding hydrogens is 827 g/mol. The average molecular weight is 945 g/mol. The first-order valence-corrected chi connectivity index (χ1v) is 30.1. The van der Waals surface area contributed by atoms with Crippen LogP contribution in [0.1, 0.15) is 328 Å². The number of nitrogens with one attached hydrogen (secondary N) is 1. The molecular formula is C61H117NO5. The fourth-order valence-corrected chi connectivity index (χ4v) is 9.34. The molecule has 0 saturated carbocycles. The van der Waals surface area contributed by atoms with Crippen molar-refractivity contribution in [3.8, 4) is 0 Å². The molecule has 0 aliphatic rings. The summed E-state index contributed by atoms with van der Waals surface area (Å²) in [6.45, 7) is 4.95. The average Bonchev–Trinajstić information content (AvgIpc) is 3.33. The van der Waals surface area contributed by atoms with E-state index in [0.717, 1.165) is 44.9 Å². The van der Waals surface area contributed by atoms with Crippen molar-refractivity contribution in [2.45, 2.75) is 341 Å². The quantitative estimate of drug-likeness (QED) is 0.0321. The number of carbonyl (C=O) groups excluding carboxylic acids is 2. The monoisotopic (exact) mass is 944 g/mol. The van der Waals surface area contributed by atoms with Gasteiger partial charge in [0, 0.05) is 12.8 Å². The van der Waals surface area contributed by atoms with Gasteiger partial charge < -0.3 is 20.3 Å². The number of amides is 1. The summed E-state index contributed by atoms with van der Waals surface area (Å²) >= 11 is 0. The zero-order valence-electron chi connectivity index (χ0n) is 45.1. The van der Waals surface area contributed by atoms with E-state index >= 15 is 0 Å². The predicted octanol–water partition coefficient (Wildman–Crippen LogP) is 18.6. The van der Waals surface area contributed by atoms with E-state index in [9.17, 15) is 19.8 Å². The fourth-order valence-electron chi connectivity index (χ4n) is 9.34. The van der Waals surface area contributed by atoms with Crippen molar-refractivity contribution in [2.75, 3.05) is 13.2 Å². The van der Waals surface area contributed by atoms with Crippen molar-refractivity contribution in [2.24, 2.45) is 0 Å². The van der Waals surface area contributed by atoms with Crippen LogP contribution >= 0.6 is 0 Å². The zero-order valence-corrected chi connectivity index (χ0v) is 45.1. The third-order valence-electron chi connectivity index (χ3n) is 14.0. The Kier molecular flexibility index (Phi) is 55.5. The summed E-state index contributed by atoms with van der Waals surface area (Å²) in [7, 11) is 0. The van der Waals surface area contributed by atoms with Crippen LogP contribution in [-0.4, -0.2) is 47.4 Å². The molecule has 2 unspecified atom stereocenters. The standard InChI is InChI=1S/C61H117NO5/c1-3-5-7-9-11-13-15-17-26-31-35-39-43-47-51-55-61(66)67-56-52-48-44-40-36-32-28-25-23-21-19-20-22-24-27-30-34-38-42-46-50-54-60(65)62-58(57-63)59(64)53-49-45-41-37-33-29-18-16-14-12-10-8-6-4-2/h17,20,22,26,58-59,63-64H,3-16,18-19,21,23-25,27-57H2,1-2H3,(H,62,65)/b22-20-,26-17-. The number of unbranched alkanes of at least 4 members (excludes halogenated alkanes) is 41. The second-order valence-corrected chi connectivity index (χ2v) is 20.7. The van der Waals surface area contributed by atoms with Crippen LogP contribution in [0.4, 0.5) is 0 Å². The molecule has 3 N–H and O–H groups in total. The van der Waals surface area contributed by atoms with E-state index in [1.54, 1.807) is 0 Å². The summed E-state index contributed by atoms with van der Waals surface area (Å²) in [6, 6.07) is -0.546. The van der Waals surface area contributed by atoms with Crippen molar-refractivity contribution in [3.63, 3.8) is 0 Å². The number of rotatable bonds is 56. The van der Waals surface area contributed by atoms with Crippen LogP contribution in [0.5, 0.6) is 0 Å². The van der Waals surface area contributed by atoms with Crippen LogP contribution in [0.2, 0.25) is 0 Å². The van der Waals surface area contributed by atoms with Crippen LogP contribution in [0.25, 0.3) is 0 Å². The van der Waals surface area contributed by atoms with E-state index in [1.165, 1.54) is 250 Å². The van der Waals surface area contributed by atoms with E-state index in [2.05, 4.69) is 43.5 Å². The molecule has 0 spiro atoms. The van der Waals surface area contributed by atoms with Gasteiger partial charge in [-0.3, -0.25) is 9.59 Å². The number of hydrogen-bond donors (Lipinski definition) is 3. The molecule has 0 aliphatic carbocycles. The van der Waals surface area contributed by atoms with Crippen molar-refractivity contribution < 1.29 is 24.5 Å². The Morgan fingerprint density at radius 2 is 0.701 bits per heavy atom. The van der Waals surface area contributed by atoms with Gasteiger partial charge in [-0.05, 0) is 77.0 Å². The van der Waals surface area contributed by atoms with Crippen molar-refractivity contribution >= 4 is 11.9 Å². The van der Waals surface area contributed by atoms with Gasteiger partial charge in [0.25, 0.3) is 0 Å². The summed E-state index contributed by atoms with van der Waals surface area (Å²) in [6.07, 6.45) is 68.9. The highest BCUT2D eigenvalue weighted by Gasteiger charge is 2.20. The van der Waals surface area contributed by atoms with Crippen molar-refractivity contribution in [1.82, 2.24) is 5.32 Å². The lowest BCUT2D eigenvalue weighted by Gasteiger charge is -2.22. The zero-order chi connectivity index (χ0) is 48.6. The van der Waals surface area contributed by atoms with E-state index in [1.807, 2.05) is 0 Å². The first-order valence-electron chi connectivity index (χ1n) is 30.1. The normalized spacial score (nSPS) is 12.7. The van der Waals surface area contributed by atoms with Gasteiger partial charge in [-0.15, -0.1) is 0 Å². The highest BCUT2D eigenvalue weighted by Crippen LogP contribution is 2.17. The molecule has 0 bridgehead atoms. The number of carbonyl (C=O) groups is 2. The first kappa shape index (κ1) is 65.3. The van der Waals surface area contributed by atoms with Gasteiger partial charge in [-0.2, -0.15) is 0 Å². The van der Waals surface area contributed by atoms with E-state index < -0.39 is 12.1 Å². The highest BCUT2D eigenvalue weighted by atomic mass is 16.5. The van der Waals surface area contributed by atoms with Crippen LogP contribution in [-0.2, 0) is 14.3 Å². The van der Waals surface area contributed by atoms with Crippen molar-refractivity contribution in [3.05, 3.63) is 24.3 Å². The Bertz CT molecular complexity index is 1040. The third-order valence-corrected chi connectivity index (χ3v) is 14.0. The minimum Gasteiger partial charge on any atom is -0.466 e. The largest absolute Gasteiger partial charge is 0.466 e. The molecule has 0 aromatic rings. The Labute approximate surface area is 418 Å². The minimum absolute atomic E-state index is 0.000548. The van der Waals surface area contributed by atoms with E-state index in [4.69, 9.17) is 4.74 Å². The number of ether oxygens (including phenoxy) is 1. The number of esters is 1. The lowest BCUT2D eigenvalue weighted by Crippen LogP contribution is -2.45. The maximum absolute atomic E-state index is 12.5. The molecule has 0 rings (SSSR count). The summed E-state index contributed by atoms with van der Waals surface area (Å²) in [4.78, 5) is 24.5. The summed E-state index contributed by atoms with van der Waals surface area (Å²) < 4.78 is 5.48. The Balaban J connectivity index is 3.42. The maximum Gasteiger partial charge on any atom is 0.305 e. The van der Waals surface area contributed by atoms with Gasteiger partial charge in [-0.1, -0.05) is 263 Å². The Hall–Kier alpha value is -1.66. The second kappa shape index (κ2) is 56.9. The molecule has 67 heavy (non-hydrogen) atoms. The molecule has 0 aromatic carbocycles. The highest BCUT2D eigenvalue weighted by molar-refractivity contribution is 5.76. The smallest absolute Gasteiger partial charge is 0.305 e. The van der Waals surface area contributed by atoms with Gasteiger partial charge in [0.15, 0.2) is 0 Å². The van der Waals surface area contributed by atoms with Crippen LogP contribution in [0.3, 0.4) is 0 Å². The molecule has 0 heterocycles. The molecule has 6 nitrogen and oxygen atoms in total. The molecule has 0 fully saturated rings. The van der Waals surface area contributed by atoms with Gasteiger partial charge in [0.2, 0.25) is 5.91 Å². The Morgan fingerprint density at radius 1 is 0.403 bits per heavy atom. The second-order valence-electron chi connectivity index (χ2n) is 20.7. The van der Waals surface area contributed by atoms with Gasteiger partial charge in [0.05, 0.1) is 25.4 Å². The van der Waals surface area contributed by atoms with Gasteiger partial charge in [-0.25, -0.2) is 0 Å². The van der Waals surface area contributed by atoms with Crippen LogP contribution < -0.4 is 5.32 Å². The topological polar surface area (TPSA) is 95.9 Å². The SMILES string of the molecule is CCCCCCCC/C=C\CCCCCCCC(=O)OCCCCCCCCCCCC/C=C\CCCCCCCCCC(=O)NC(CO)C(O)CCCCCCCCCCCCCCCC. The summed E-state index contributed by atoms with van der Waals surface area (Å²) in [5, 5.41) is 23.3. The number of hydrogen-bond acceptors (Lipinski definition) is 5. The summed E-state index contributed by atoms with van der Waals surface area (Å²) in [5.41, 5.74) is 0. The Morgan fingerprint density at radius 3 is 1.06 bits per heavy atom. The molecule has 0 radical (unpaired) electrons. The van der Waals surface area contributed by atoms with E-state index in [0.29, 0.717) is 25.9 Å². The number of allylic oxidation sites excluding steroid dienone is 4. The lowest BCUT2D eigenvalue weighted by molar-refractivity contribution is -0.143. The molecule has 0 aromatic heterocycles.